The molecule has 1 rings (SSSR count). The molecule has 0 aromatic carbocycles. The van der Waals surface area contributed by atoms with Gasteiger partial charge in [0.1, 0.15) is 0 Å². The van der Waals surface area contributed by atoms with Crippen molar-refractivity contribution in [2.45, 2.75) is 31.5 Å². The molecular formula is C10H18O4. The first-order valence-electron chi connectivity index (χ1n) is 4.84. The monoisotopic (exact) mass is 202 g/mol. The zero-order chi connectivity index (χ0) is 10.6. The van der Waals surface area contributed by atoms with Gasteiger partial charge in [-0.25, -0.2) is 0 Å². The van der Waals surface area contributed by atoms with E-state index in [0.717, 1.165) is 19.3 Å². The predicted molar refractivity (Wildman–Crippen MR) is 51.0 cm³/mol. The standard InChI is InChI=1S/C10H18O4/c1-12-8-4-7(10(11)14-3)5-9(6-8)13-2/h7-9H,4-6H2,1-3H3. The van der Waals surface area contributed by atoms with Crippen LogP contribution in [-0.2, 0) is 19.0 Å². The van der Waals surface area contributed by atoms with E-state index in [1.54, 1.807) is 14.2 Å². The van der Waals surface area contributed by atoms with Gasteiger partial charge in [0.25, 0.3) is 0 Å². The van der Waals surface area contributed by atoms with Crippen molar-refractivity contribution in [2.75, 3.05) is 21.3 Å². The molecule has 2 atom stereocenters. The zero-order valence-corrected chi connectivity index (χ0v) is 8.99. The number of rotatable bonds is 3. The topological polar surface area (TPSA) is 44.8 Å². The van der Waals surface area contributed by atoms with Gasteiger partial charge < -0.3 is 14.2 Å². The summed E-state index contributed by atoms with van der Waals surface area (Å²) in [4.78, 5) is 11.4. The van der Waals surface area contributed by atoms with Crippen molar-refractivity contribution in [3.8, 4) is 0 Å². The van der Waals surface area contributed by atoms with Gasteiger partial charge in [0.05, 0.1) is 25.2 Å². The molecular weight excluding hydrogens is 184 g/mol. The molecule has 0 heterocycles. The maximum Gasteiger partial charge on any atom is 0.308 e. The second kappa shape index (κ2) is 5.32. The number of hydrogen-bond donors (Lipinski definition) is 0. The fourth-order valence-electron chi connectivity index (χ4n) is 1.96. The van der Waals surface area contributed by atoms with Crippen LogP contribution in [-0.4, -0.2) is 39.5 Å². The first kappa shape index (κ1) is 11.5. The number of carbonyl (C=O) groups is 1. The molecule has 0 N–H and O–H groups in total. The Hall–Kier alpha value is -0.610. The van der Waals surface area contributed by atoms with Gasteiger partial charge in [-0.1, -0.05) is 0 Å². The molecule has 1 saturated carbocycles. The molecule has 1 fully saturated rings. The summed E-state index contributed by atoms with van der Waals surface area (Å²) in [6.07, 6.45) is 2.56. The highest BCUT2D eigenvalue weighted by atomic mass is 16.5. The van der Waals surface area contributed by atoms with Gasteiger partial charge in [-0.15, -0.1) is 0 Å². The Balaban J connectivity index is 2.55. The third kappa shape index (κ3) is 2.69. The van der Waals surface area contributed by atoms with E-state index in [-0.39, 0.29) is 24.1 Å². The van der Waals surface area contributed by atoms with Crippen molar-refractivity contribution in [3.05, 3.63) is 0 Å². The quantitative estimate of drug-likeness (QED) is 0.640. The van der Waals surface area contributed by atoms with Crippen molar-refractivity contribution >= 4 is 5.97 Å². The first-order chi connectivity index (χ1) is 6.71. The Bertz CT molecular complexity index is 181. The number of carbonyl (C=O) groups excluding carboxylic acids is 1. The smallest absolute Gasteiger partial charge is 0.308 e. The largest absolute Gasteiger partial charge is 0.469 e. The molecule has 0 radical (unpaired) electrons. The minimum atomic E-state index is -0.159. The predicted octanol–water partition coefficient (Wildman–Crippen LogP) is 0.990. The lowest BCUT2D eigenvalue weighted by molar-refractivity contribution is -0.151. The minimum absolute atomic E-state index is 0.0800. The average Bonchev–Trinajstić information content (AvgIpc) is 2.27. The van der Waals surface area contributed by atoms with Gasteiger partial charge in [-0.2, -0.15) is 0 Å². The van der Waals surface area contributed by atoms with Crippen molar-refractivity contribution < 1.29 is 19.0 Å². The number of hydrogen-bond acceptors (Lipinski definition) is 4. The Morgan fingerprint density at radius 2 is 1.50 bits per heavy atom. The highest BCUT2D eigenvalue weighted by molar-refractivity contribution is 5.72. The van der Waals surface area contributed by atoms with E-state index in [9.17, 15) is 4.79 Å². The van der Waals surface area contributed by atoms with Crippen LogP contribution in [0.1, 0.15) is 19.3 Å². The molecule has 4 nitrogen and oxygen atoms in total. The van der Waals surface area contributed by atoms with E-state index in [2.05, 4.69) is 0 Å². The fraction of sp³-hybridized carbons (Fsp3) is 0.900. The van der Waals surface area contributed by atoms with Crippen LogP contribution in [0, 0.1) is 5.92 Å². The second-order valence-electron chi connectivity index (χ2n) is 3.64. The molecule has 0 spiro atoms. The van der Waals surface area contributed by atoms with Crippen molar-refractivity contribution in [1.82, 2.24) is 0 Å². The Labute approximate surface area is 84.5 Å². The van der Waals surface area contributed by atoms with E-state index in [0.29, 0.717) is 0 Å². The lowest BCUT2D eigenvalue weighted by atomic mass is 9.85. The van der Waals surface area contributed by atoms with Crippen LogP contribution in [0.2, 0.25) is 0 Å². The van der Waals surface area contributed by atoms with Crippen LogP contribution in [0.3, 0.4) is 0 Å². The van der Waals surface area contributed by atoms with Crippen LogP contribution in [0.5, 0.6) is 0 Å². The molecule has 0 bridgehead atoms. The lowest BCUT2D eigenvalue weighted by Crippen LogP contribution is -2.36. The summed E-state index contributed by atoms with van der Waals surface area (Å²) in [5.41, 5.74) is 0. The van der Waals surface area contributed by atoms with Crippen molar-refractivity contribution in [3.63, 3.8) is 0 Å². The molecule has 4 heteroatoms. The zero-order valence-electron chi connectivity index (χ0n) is 8.99. The molecule has 0 amide bonds. The summed E-state index contributed by atoms with van der Waals surface area (Å²) >= 11 is 0. The second-order valence-corrected chi connectivity index (χ2v) is 3.64. The maximum absolute atomic E-state index is 11.4. The minimum Gasteiger partial charge on any atom is -0.469 e. The van der Waals surface area contributed by atoms with Crippen molar-refractivity contribution in [1.29, 1.82) is 0 Å². The molecule has 0 aromatic rings. The SMILES string of the molecule is COC(=O)C1CC(OC)CC(OC)C1. The Morgan fingerprint density at radius 1 is 1.00 bits per heavy atom. The van der Waals surface area contributed by atoms with Crippen molar-refractivity contribution in [2.24, 2.45) is 5.92 Å². The molecule has 1 aliphatic carbocycles. The molecule has 82 valence electrons. The third-order valence-electron chi connectivity index (χ3n) is 2.82. The number of esters is 1. The van der Waals surface area contributed by atoms with Gasteiger partial charge in [0, 0.05) is 14.2 Å². The molecule has 0 saturated heterocycles. The summed E-state index contributed by atoms with van der Waals surface area (Å²) in [6.45, 7) is 0. The van der Waals surface area contributed by atoms with E-state index in [1.807, 2.05) is 0 Å². The Kier molecular flexibility index (Phi) is 4.35. The summed E-state index contributed by atoms with van der Waals surface area (Å²) in [6, 6.07) is 0. The summed E-state index contributed by atoms with van der Waals surface area (Å²) in [7, 11) is 4.74. The van der Waals surface area contributed by atoms with Crippen LogP contribution in [0.15, 0.2) is 0 Å². The average molecular weight is 202 g/mol. The van der Waals surface area contributed by atoms with E-state index in [1.165, 1.54) is 7.11 Å². The molecule has 14 heavy (non-hydrogen) atoms. The first-order valence-corrected chi connectivity index (χ1v) is 4.84. The van der Waals surface area contributed by atoms with Gasteiger partial charge in [-0.05, 0) is 19.3 Å². The van der Waals surface area contributed by atoms with E-state index >= 15 is 0 Å². The van der Waals surface area contributed by atoms with Gasteiger partial charge >= 0.3 is 5.97 Å². The molecule has 2 unspecified atom stereocenters. The fourth-order valence-corrected chi connectivity index (χ4v) is 1.96. The normalized spacial score (nSPS) is 32.6. The maximum atomic E-state index is 11.4. The highest BCUT2D eigenvalue weighted by Crippen LogP contribution is 2.28. The summed E-state index contributed by atoms with van der Waals surface area (Å²) in [5.74, 6) is -0.238. The lowest BCUT2D eigenvalue weighted by Gasteiger charge is -2.31. The number of methoxy groups -OCH3 is 3. The van der Waals surface area contributed by atoms with Crippen LogP contribution in [0.4, 0.5) is 0 Å². The van der Waals surface area contributed by atoms with E-state index in [4.69, 9.17) is 14.2 Å². The van der Waals surface area contributed by atoms with Gasteiger partial charge in [0.15, 0.2) is 0 Å². The van der Waals surface area contributed by atoms with E-state index < -0.39 is 0 Å². The summed E-state index contributed by atoms with van der Waals surface area (Å²) in [5, 5.41) is 0. The third-order valence-corrected chi connectivity index (χ3v) is 2.82. The molecule has 0 aromatic heterocycles. The van der Waals surface area contributed by atoms with Crippen LogP contribution >= 0.6 is 0 Å². The van der Waals surface area contributed by atoms with Gasteiger partial charge in [0.2, 0.25) is 0 Å². The number of ether oxygens (including phenoxy) is 3. The Morgan fingerprint density at radius 3 is 1.86 bits per heavy atom. The van der Waals surface area contributed by atoms with Gasteiger partial charge in [-0.3, -0.25) is 4.79 Å². The van der Waals surface area contributed by atoms with Crippen LogP contribution in [0.25, 0.3) is 0 Å². The highest BCUT2D eigenvalue weighted by Gasteiger charge is 2.33. The molecule has 0 aliphatic heterocycles. The van der Waals surface area contributed by atoms with Crippen LogP contribution < -0.4 is 0 Å². The molecule has 1 aliphatic rings. The summed E-state index contributed by atoms with van der Waals surface area (Å²) < 4.78 is 15.2.